The van der Waals surface area contributed by atoms with Gasteiger partial charge in [0.05, 0.1) is 0 Å². The number of nitrogens with one attached hydrogen (secondary N) is 1. The van der Waals surface area contributed by atoms with Crippen LogP contribution in [0.25, 0.3) is 23.0 Å². The fourth-order valence-corrected chi connectivity index (χ4v) is 1.27. The van der Waals surface area contributed by atoms with Crippen molar-refractivity contribution in [3.05, 3.63) is 31.1 Å². The first-order valence-corrected chi connectivity index (χ1v) is 4.22. The highest BCUT2D eigenvalue weighted by Gasteiger charge is 2.16. The first-order chi connectivity index (χ1) is 7.45. The molecule has 3 aromatic rings. The van der Waals surface area contributed by atoms with E-state index in [4.69, 9.17) is 8.94 Å². The van der Waals surface area contributed by atoms with E-state index in [0.29, 0.717) is 23.0 Å². The number of aromatic nitrogens is 4. The van der Waals surface area contributed by atoms with Gasteiger partial charge in [-0.3, -0.25) is 0 Å². The van der Waals surface area contributed by atoms with Crippen molar-refractivity contribution < 1.29 is 8.94 Å². The first kappa shape index (κ1) is 7.98. The van der Waals surface area contributed by atoms with Crippen LogP contribution in [0.15, 0.2) is 33.7 Å². The molecule has 0 atom stereocenters. The molecule has 0 fully saturated rings. The molecule has 0 aliphatic carbocycles. The number of oxazole rings is 1. The van der Waals surface area contributed by atoms with Crippen molar-refractivity contribution in [3.8, 4) is 23.0 Å². The Kier molecular flexibility index (Phi) is 1.64. The molecule has 3 aromatic heterocycles. The molecule has 1 radical (unpaired) electrons. The summed E-state index contributed by atoms with van der Waals surface area (Å²) >= 11 is 0. The van der Waals surface area contributed by atoms with Gasteiger partial charge in [-0.1, -0.05) is 5.16 Å². The Morgan fingerprint density at radius 1 is 1.40 bits per heavy atom. The highest BCUT2D eigenvalue weighted by atomic mass is 16.5. The summed E-state index contributed by atoms with van der Waals surface area (Å²) in [5.41, 5.74) is 1.14. The Balaban J connectivity index is 2.15. The average molecular weight is 201 g/mol. The lowest BCUT2D eigenvalue weighted by Gasteiger charge is -1.92. The Bertz CT molecular complexity index is 490. The van der Waals surface area contributed by atoms with Gasteiger partial charge in [-0.05, 0) is 0 Å². The van der Waals surface area contributed by atoms with E-state index >= 15 is 0 Å². The lowest BCUT2D eigenvalue weighted by atomic mass is 10.2. The quantitative estimate of drug-likeness (QED) is 0.679. The van der Waals surface area contributed by atoms with Crippen LogP contribution >= 0.6 is 0 Å². The van der Waals surface area contributed by atoms with Crippen LogP contribution in [0.3, 0.4) is 0 Å². The predicted molar refractivity (Wildman–Crippen MR) is 48.4 cm³/mol. The molecule has 0 unspecified atom stereocenters. The van der Waals surface area contributed by atoms with Crippen LogP contribution in [-0.4, -0.2) is 20.1 Å². The van der Waals surface area contributed by atoms with Crippen molar-refractivity contribution in [2.24, 2.45) is 0 Å². The number of rotatable bonds is 2. The minimum absolute atomic E-state index is 0.494. The van der Waals surface area contributed by atoms with Crippen molar-refractivity contribution in [2.75, 3.05) is 0 Å². The molecule has 0 aromatic carbocycles. The highest BCUT2D eigenvalue weighted by Crippen LogP contribution is 2.26. The molecule has 15 heavy (non-hydrogen) atoms. The Hall–Kier alpha value is -2.37. The molecule has 6 nitrogen and oxygen atoms in total. The molecule has 0 amide bonds. The zero-order valence-corrected chi connectivity index (χ0v) is 7.47. The topological polar surface area (TPSA) is 80.7 Å². The van der Waals surface area contributed by atoms with Crippen molar-refractivity contribution in [1.82, 2.24) is 20.1 Å². The Labute approximate surface area is 84.0 Å². The molecule has 6 heteroatoms. The second-order valence-corrected chi connectivity index (χ2v) is 2.81. The van der Waals surface area contributed by atoms with Crippen molar-refractivity contribution in [2.45, 2.75) is 0 Å². The minimum Gasteiger partial charge on any atom is -0.428 e. The number of aromatic amines is 1. The van der Waals surface area contributed by atoms with Crippen molar-refractivity contribution >= 4 is 0 Å². The van der Waals surface area contributed by atoms with Gasteiger partial charge >= 0.3 is 0 Å². The van der Waals surface area contributed by atoms with Crippen molar-refractivity contribution in [3.63, 3.8) is 0 Å². The molecule has 0 saturated heterocycles. The van der Waals surface area contributed by atoms with Crippen LogP contribution in [0.4, 0.5) is 0 Å². The summed E-state index contributed by atoms with van der Waals surface area (Å²) in [6.45, 7) is 0. The van der Waals surface area contributed by atoms with Crippen molar-refractivity contribution in [1.29, 1.82) is 0 Å². The number of imidazole rings is 1. The summed E-state index contributed by atoms with van der Waals surface area (Å²) in [6.07, 6.45) is 7.20. The molecule has 0 spiro atoms. The maximum Gasteiger partial charge on any atom is 0.285 e. The second kappa shape index (κ2) is 3.09. The fraction of sp³-hybridized carbons (Fsp3) is 0. The number of H-pyrrole nitrogens is 1. The standard InChI is InChI=1S/C9H5N4O2/c1-4-15-13-6(1)7-8(14-5-12-7)9-10-2-3-11-9/h1-4H,(H,10,11). The van der Waals surface area contributed by atoms with E-state index in [1.165, 1.54) is 6.26 Å². The molecule has 0 aliphatic rings. The van der Waals surface area contributed by atoms with Crippen LogP contribution in [-0.2, 0) is 0 Å². The zero-order valence-electron chi connectivity index (χ0n) is 7.47. The molecule has 3 heterocycles. The molecular weight excluding hydrogens is 196 g/mol. The minimum atomic E-state index is 0.494. The number of hydrogen-bond donors (Lipinski definition) is 1. The summed E-state index contributed by atoms with van der Waals surface area (Å²) in [5, 5.41) is 3.77. The predicted octanol–water partition coefficient (Wildman–Crippen LogP) is 1.52. The monoisotopic (exact) mass is 201 g/mol. The molecule has 0 bridgehead atoms. The number of nitrogens with zero attached hydrogens (tertiary/aromatic N) is 3. The first-order valence-electron chi connectivity index (χ1n) is 4.22. The van der Waals surface area contributed by atoms with Gasteiger partial charge in [-0.25, -0.2) is 9.97 Å². The fourth-order valence-electron chi connectivity index (χ4n) is 1.27. The highest BCUT2D eigenvalue weighted by molar-refractivity contribution is 5.69. The van der Waals surface area contributed by atoms with E-state index in [9.17, 15) is 0 Å². The van der Waals surface area contributed by atoms with E-state index in [-0.39, 0.29) is 0 Å². The summed E-state index contributed by atoms with van der Waals surface area (Å²) in [7, 11) is 0. The molecule has 1 N–H and O–H groups in total. The lowest BCUT2D eigenvalue weighted by molar-refractivity contribution is 0.422. The van der Waals surface area contributed by atoms with Crippen LogP contribution in [0.1, 0.15) is 0 Å². The summed E-state index contributed by atoms with van der Waals surface area (Å²) in [4.78, 5) is 10.9. The van der Waals surface area contributed by atoms with Gasteiger partial charge in [0, 0.05) is 18.5 Å². The van der Waals surface area contributed by atoms with Gasteiger partial charge in [0.2, 0.25) is 0 Å². The van der Waals surface area contributed by atoms with Gasteiger partial charge in [-0.2, -0.15) is 0 Å². The average Bonchev–Trinajstić information content (AvgIpc) is 3.01. The van der Waals surface area contributed by atoms with Gasteiger partial charge < -0.3 is 13.9 Å². The molecular formula is C9H5N4O2. The Morgan fingerprint density at radius 2 is 2.40 bits per heavy atom. The molecule has 0 aliphatic heterocycles. The van der Waals surface area contributed by atoms with E-state index in [1.54, 1.807) is 18.5 Å². The van der Waals surface area contributed by atoms with E-state index in [1.807, 2.05) is 0 Å². The second-order valence-electron chi connectivity index (χ2n) is 2.81. The van der Waals surface area contributed by atoms with E-state index in [2.05, 4.69) is 26.5 Å². The van der Waals surface area contributed by atoms with Gasteiger partial charge in [0.25, 0.3) is 6.39 Å². The summed E-state index contributed by atoms with van der Waals surface area (Å²) in [6, 6.07) is 1.69. The SMILES string of the molecule is [c]1nc(-c2ccon2)c(-c2ncc[nH]2)o1. The maximum absolute atomic E-state index is 5.12. The lowest BCUT2D eigenvalue weighted by Crippen LogP contribution is -1.83. The third kappa shape index (κ3) is 1.23. The molecule has 73 valence electrons. The molecule has 0 saturated carbocycles. The van der Waals surface area contributed by atoms with Crippen LogP contribution in [0.5, 0.6) is 0 Å². The zero-order chi connectivity index (χ0) is 10.1. The van der Waals surface area contributed by atoms with E-state index in [0.717, 1.165) is 0 Å². The summed E-state index contributed by atoms with van der Waals surface area (Å²) in [5.74, 6) is 1.08. The van der Waals surface area contributed by atoms with Gasteiger partial charge in [0.15, 0.2) is 11.6 Å². The summed E-state index contributed by atoms with van der Waals surface area (Å²) < 4.78 is 9.86. The van der Waals surface area contributed by atoms with Gasteiger partial charge in [0.1, 0.15) is 17.7 Å². The molecule has 3 rings (SSSR count). The van der Waals surface area contributed by atoms with Crippen LogP contribution < -0.4 is 0 Å². The third-order valence-electron chi connectivity index (χ3n) is 1.91. The van der Waals surface area contributed by atoms with Crippen LogP contribution in [0.2, 0.25) is 0 Å². The van der Waals surface area contributed by atoms with E-state index < -0.39 is 0 Å². The normalized spacial score (nSPS) is 10.7. The third-order valence-corrected chi connectivity index (χ3v) is 1.91. The maximum atomic E-state index is 5.12. The smallest absolute Gasteiger partial charge is 0.285 e. The largest absolute Gasteiger partial charge is 0.428 e. The Morgan fingerprint density at radius 3 is 3.13 bits per heavy atom. The van der Waals surface area contributed by atoms with Gasteiger partial charge in [-0.15, -0.1) is 0 Å². The van der Waals surface area contributed by atoms with Crippen LogP contribution in [0, 0.1) is 6.39 Å². The number of hydrogen-bond acceptors (Lipinski definition) is 5.